The Morgan fingerprint density at radius 1 is 1.29 bits per heavy atom. The van der Waals surface area contributed by atoms with Crippen molar-refractivity contribution in [2.45, 2.75) is 30.5 Å². The Bertz CT molecular complexity index is 412. The molecule has 2 saturated heterocycles. The molecule has 3 aliphatic rings. The Morgan fingerprint density at radius 3 is 2.57 bits per heavy atom. The topological polar surface area (TPSA) is 32.8 Å². The highest BCUT2D eigenvalue weighted by molar-refractivity contribution is 6.53. The average Bonchev–Trinajstić information content (AvgIpc) is 2.99. The first kappa shape index (κ1) is 15.9. The minimum absolute atomic E-state index is 0.138. The first-order valence-corrected chi connectivity index (χ1v) is 8.65. The molecular weight excluding hydrogens is 311 g/mol. The molecule has 3 rings (SSSR count). The van der Waals surface area contributed by atoms with E-state index in [9.17, 15) is 4.79 Å². The van der Waals surface area contributed by atoms with Crippen LogP contribution in [0.15, 0.2) is 0 Å². The zero-order chi connectivity index (χ0) is 15.1. The first-order valence-electron chi connectivity index (χ1n) is 7.90. The second kappa shape index (κ2) is 5.88. The summed E-state index contributed by atoms with van der Waals surface area (Å²) in [5, 5.41) is 0. The van der Waals surface area contributed by atoms with Crippen LogP contribution in [-0.4, -0.2) is 66.0 Å². The fraction of sp³-hybridized carbons (Fsp3) is 0.933. The Morgan fingerprint density at radius 2 is 1.95 bits per heavy atom. The number of morpholine rings is 1. The smallest absolute Gasteiger partial charge is 0.231 e. The van der Waals surface area contributed by atoms with Crippen molar-refractivity contribution in [2.75, 3.05) is 45.9 Å². The third-order valence-electron chi connectivity index (χ3n) is 5.16. The number of nitrogens with zero attached hydrogens (tertiary/aromatic N) is 2. The Hall–Kier alpha value is -0.0300. The van der Waals surface area contributed by atoms with Crippen molar-refractivity contribution in [1.29, 1.82) is 0 Å². The maximum atomic E-state index is 12.7. The monoisotopic (exact) mass is 334 g/mol. The molecule has 0 radical (unpaired) electrons. The number of hydrogen-bond acceptors (Lipinski definition) is 3. The van der Waals surface area contributed by atoms with E-state index < -0.39 is 9.75 Å². The van der Waals surface area contributed by atoms with Crippen molar-refractivity contribution in [3.63, 3.8) is 0 Å². The van der Waals surface area contributed by atoms with Crippen molar-refractivity contribution in [3.05, 3.63) is 0 Å². The van der Waals surface area contributed by atoms with Gasteiger partial charge in [0.05, 0.1) is 18.6 Å². The minimum Gasteiger partial charge on any atom is -0.379 e. The fourth-order valence-electron chi connectivity index (χ4n) is 3.53. The molecule has 6 heteroatoms. The van der Waals surface area contributed by atoms with Gasteiger partial charge in [0, 0.05) is 32.7 Å². The molecule has 0 spiro atoms. The van der Waals surface area contributed by atoms with Gasteiger partial charge in [-0.25, -0.2) is 0 Å². The molecule has 0 N–H and O–H groups in total. The molecule has 0 unspecified atom stereocenters. The third kappa shape index (κ3) is 3.19. The molecule has 0 aromatic heterocycles. The van der Waals surface area contributed by atoms with E-state index in [1.54, 1.807) is 0 Å². The predicted molar refractivity (Wildman–Crippen MR) is 83.7 cm³/mol. The second-order valence-electron chi connectivity index (χ2n) is 6.89. The number of hydrogen-bond donors (Lipinski definition) is 0. The van der Waals surface area contributed by atoms with E-state index in [2.05, 4.69) is 4.90 Å². The van der Waals surface area contributed by atoms with Gasteiger partial charge >= 0.3 is 0 Å². The van der Waals surface area contributed by atoms with Gasteiger partial charge in [0.15, 0.2) is 0 Å². The molecule has 3 fully saturated rings. The normalized spacial score (nSPS) is 36.5. The van der Waals surface area contributed by atoms with Gasteiger partial charge in [-0.1, -0.05) is 0 Å². The Balaban J connectivity index is 1.54. The van der Waals surface area contributed by atoms with Crippen molar-refractivity contribution in [1.82, 2.24) is 9.80 Å². The molecule has 2 aliphatic heterocycles. The SMILES string of the molecule is C[C@]1(C(=O)N2CCC[C@H](CN3CCOCC3)C2)CC1(Cl)Cl. The fourth-order valence-corrected chi connectivity index (χ4v) is 4.22. The lowest BCUT2D eigenvalue weighted by molar-refractivity contribution is -0.138. The average molecular weight is 335 g/mol. The number of carbonyl (C=O) groups excluding carboxylic acids is 1. The van der Waals surface area contributed by atoms with Crippen LogP contribution >= 0.6 is 23.2 Å². The molecule has 2 atom stereocenters. The van der Waals surface area contributed by atoms with E-state index >= 15 is 0 Å². The molecule has 1 saturated carbocycles. The highest BCUT2D eigenvalue weighted by Crippen LogP contribution is 2.64. The zero-order valence-electron chi connectivity index (χ0n) is 12.6. The van der Waals surface area contributed by atoms with E-state index in [0.717, 1.165) is 52.4 Å². The molecular formula is C15H24Cl2N2O2. The van der Waals surface area contributed by atoms with Crippen LogP contribution in [0.4, 0.5) is 0 Å². The summed E-state index contributed by atoms with van der Waals surface area (Å²) in [7, 11) is 0. The predicted octanol–water partition coefficient (Wildman–Crippen LogP) is 2.14. The van der Waals surface area contributed by atoms with Crippen LogP contribution in [0.1, 0.15) is 26.2 Å². The van der Waals surface area contributed by atoms with Crippen LogP contribution in [0.2, 0.25) is 0 Å². The summed E-state index contributed by atoms with van der Waals surface area (Å²) in [6.45, 7) is 8.32. The number of rotatable bonds is 3. The summed E-state index contributed by atoms with van der Waals surface area (Å²) in [4.78, 5) is 17.1. The number of alkyl halides is 2. The van der Waals surface area contributed by atoms with E-state index in [0.29, 0.717) is 12.3 Å². The van der Waals surface area contributed by atoms with Crippen LogP contribution in [0.5, 0.6) is 0 Å². The lowest BCUT2D eigenvalue weighted by Crippen LogP contribution is -2.48. The molecule has 120 valence electrons. The van der Waals surface area contributed by atoms with Crippen molar-refractivity contribution < 1.29 is 9.53 Å². The molecule has 0 bridgehead atoms. The van der Waals surface area contributed by atoms with Crippen molar-refractivity contribution >= 4 is 29.1 Å². The number of halogens is 2. The van der Waals surface area contributed by atoms with Crippen LogP contribution in [0.3, 0.4) is 0 Å². The summed E-state index contributed by atoms with van der Waals surface area (Å²) in [5.41, 5.74) is -0.572. The first-order chi connectivity index (χ1) is 9.92. The van der Waals surface area contributed by atoms with Crippen LogP contribution < -0.4 is 0 Å². The Labute approximate surface area is 136 Å². The van der Waals surface area contributed by atoms with Crippen LogP contribution in [0, 0.1) is 11.3 Å². The second-order valence-corrected chi connectivity index (χ2v) is 8.37. The summed E-state index contributed by atoms with van der Waals surface area (Å²) >= 11 is 12.3. The molecule has 0 aromatic rings. The van der Waals surface area contributed by atoms with Crippen LogP contribution in [0.25, 0.3) is 0 Å². The van der Waals surface area contributed by atoms with Gasteiger partial charge in [-0.15, -0.1) is 23.2 Å². The Kier molecular flexibility index (Phi) is 4.44. The van der Waals surface area contributed by atoms with Gasteiger partial charge in [-0.2, -0.15) is 0 Å². The molecule has 21 heavy (non-hydrogen) atoms. The molecule has 0 aromatic carbocycles. The number of amides is 1. The van der Waals surface area contributed by atoms with E-state index in [1.807, 2.05) is 11.8 Å². The zero-order valence-corrected chi connectivity index (χ0v) is 14.1. The third-order valence-corrected chi connectivity index (χ3v) is 6.26. The lowest BCUT2D eigenvalue weighted by atomic mass is 9.95. The quantitative estimate of drug-likeness (QED) is 0.741. The maximum absolute atomic E-state index is 12.7. The van der Waals surface area contributed by atoms with Gasteiger partial charge in [-0.05, 0) is 32.1 Å². The largest absolute Gasteiger partial charge is 0.379 e. The standard InChI is InChI=1S/C15H24Cl2N2O2/c1-14(11-15(14,16)17)13(20)19-4-2-3-12(10-19)9-18-5-7-21-8-6-18/h12H,2-11H2,1H3/t12-,14-/m1/s1. The highest BCUT2D eigenvalue weighted by atomic mass is 35.5. The summed E-state index contributed by atoms with van der Waals surface area (Å²) < 4.78 is 4.53. The summed E-state index contributed by atoms with van der Waals surface area (Å²) in [6, 6.07) is 0. The van der Waals surface area contributed by atoms with Gasteiger partial charge in [-0.3, -0.25) is 9.69 Å². The molecule has 2 heterocycles. The lowest BCUT2D eigenvalue weighted by Gasteiger charge is -2.38. The number of piperidine rings is 1. The molecule has 1 amide bonds. The van der Waals surface area contributed by atoms with Gasteiger partial charge in [0.2, 0.25) is 5.91 Å². The summed E-state index contributed by atoms with van der Waals surface area (Å²) in [5.74, 6) is 0.697. The minimum atomic E-state index is -0.860. The highest BCUT2D eigenvalue weighted by Gasteiger charge is 2.68. The van der Waals surface area contributed by atoms with E-state index in [1.165, 1.54) is 6.42 Å². The van der Waals surface area contributed by atoms with E-state index in [-0.39, 0.29) is 5.91 Å². The van der Waals surface area contributed by atoms with Gasteiger partial charge in [0.25, 0.3) is 0 Å². The molecule has 1 aliphatic carbocycles. The van der Waals surface area contributed by atoms with Gasteiger partial charge < -0.3 is 9.64 Å². The number of ether oxygens (including phenoxy) is 1. The number of likely N-dealkylation sites (tertiary alicyclic amines) is 1. The van der Waals surface area contributed by atoms with Crippen molar-refractivity contribution in [2.24, 2.45) is 11.3 Å². The van der Waals surface area contributed by atoms with Gasteiger partial charge in [0.1, 0.15) is 4.33 Å². The molecule has 4 nitrogen and oxygen atoms in total. The van der Waals surface area contributed by atoms with Crippen LogP contribution in [-0.2, 0) is 9.53 Å². The maximum Gasteiger partial charge on any atom is 0.231 e. The summed E-state index contributed by atoms with van der Waals surface area (Å²) in [6.07, 6.45) is 2.85. The van der Waals surface area contributed by atoms with E-state index in [4.69, 9.17) is 27.9 Å². The van der Waals surface area contributed by atoms with Crippen molar-refractivity contribution in [3.8, 4) is 0 Å². The number of carbonyl (C=O) groups is 1.